The van der Waals surface area contributed by atoms with Crippen molar-refractivity contribution in [3.63, 3.8) is 0 Å². The molecule has 1 aliphatic rings. The van der Waals surface area contributed by atoms with E-state index in [9.17, 15) is 0 Å². The second kappa shape index (κ2) is 5.07. The molecule has 2 rings (SSSR count). The van der Waals surface area contributed by atoms with Crippen molar-refractivity contribution in [3.05, 3.63) is 21.9 Å². The van der Waals surface area contributed by atoms with Gasteiger partial charge in [-0.25, -0.2) is 0 Å². The summed E-state index contributed by atoms with van der Waals surface area (Å²) in [4.78, 5) is 1.50. The van der Waals surface area contributed by atoms with Crippen LogP contribution in [-0.4, -0.2) is 27.1 Å². The molecule has 3 nitrogen and oxygen atoms in total. The lowest BCUT2D eigenvalue weighted by Crippen LogP contribution is -2.32. The Hall–Kier alpha value is -0.420. The lowest BCUT2D eigenvalue weighted by molar-refractivity contribution is -0.111. The van der Waals surface area contributed by atoms with Crippen LogP contribution in [0.15, 0.2) is 11.4 Å². The molecule has 0 aromatic carbocycles. The predicted octanol–water partition coefficient (Wildman–Crippen LogP) is 1.94. The number of rotatable bonds is 4. The van der Waals surface area contributed by atoms with E-state index < -0.39 is 0 Å². The van der Waals surface area contributed by atoms with Gasteiger partial charge in [-0.15, -0.1) is 11.3 Å². The second-order valence-electron chi connectivity index (χ2n) is 3.69. The van der Waals surface area contributed by atoms with Crippen molar-refractivity contribution in [2.24, 2.45) is 0 Å². The summed E-state index contributed by atoms with van der Waals surface area (Å²) in [5.41, 5.74) is 1.42. The van der Waals surface area contributed by atoms with Crippen molar-refractivity contribution in [2.45, 2.75) is 25.2 Å². The van der Waals surface area contributed by atoms with Crippen LogP contribution in [0, 0.1) is 0 Å². The smallest absolute Gasteiger partial charge is 0.158 e. The van der Waals surface area contributed by atoms with Gasteiger partial charge < -0.3 is 14.8 Å². The van der Waals surface area contributed by atoms with Gasteiger partial charge in [-0.05, 0) is 23.4 Å². The van der Waals surface area contributed by atoms with Crippen molar-refractivity contribution in [3.8, 4) is 0 Å². The molecule has 1 aromatic heterocycles. The molecule has 0 spiro atoms. The molecular formula is C11H17NO2S. The Labute approximate surface area is 94.4 Å². The lowest BCUT2D eigenvalue weighted by Gasteiger charge is -2.27. The second-order valence-corrected chi connectivity index (χ2v) is 4.69. The lowest BCUT2D eigenvalue weighted by atomic mass is 9.99. The molecule has 0 saturated heterocycles. The van der Waals surface area contributed by atoms with Gasteiger partial charge in [0.2, 0.25) is 0 Å². The summed E-state index contributed by atoms with van der Waals surface area (Å²) in [6.07, 6.45) is 1.90. The van der Waals surface area contributed by atoms with E-state index in [0.717, 1.165) is 19.4 Å². The Morgan fingerprint density at radius 3 is 3.07 bits per heavy atom. The quantitative estimate of drug-likeness (QED) is 0.797. The van der Waals surface area contributed by atoms with Crippen LogP contribution in [0.1, 0.15) is 22.9 Å². The summed E-state index contributed by atoms with van der Waals surface area (Å²) >= 11 is 1.85. The fourth-order valence-electron chi connectivity index (χ4n) is 2.03. The molecule has 4 heteroatoms. The molecule has 1 N–H and O–H groups in total. The zero-order valence-corrected chi connectivity index (χ0v) is 9.97. The summed E-state index contributed by atoms with van der Waals surface area (Å²) in [6, 6.07) is 2.59. The maximum Gasteiger partial charge on any atom is 0.158 e. The first-order valence-corrected chi connectivity index (χ1v) is 6.08. The minimum Gasteiger partial charge on any atom is -0.356 e. The minimum absolute atomic E-state index is 0.117. The number of ether oxygens (including phenoxy) is 2. The fraction of sp³-hybridized carbons (Fsp3) is 0.636. The normalized spacial score (nSPS) is 20.6. The molecule has 0 bridgehead atoms. The highest BCUT2D eigenvalue weighted by Crippen LogP contribution is 2.30. The van der Waals surface area contributed by atoms with E-state index in [-0.39, 0.29) is 6.29 Å². The van der Waals surface area contributed by atoms with Crippen LogP contribution in [0.3, 0.4) is 0 Å². The van der Waals surface area contributed by atoms with E-state index in [2.05, 4.69) is 16.8 Å². The highest BCUT2D eigenvalue weighted by atomic mass is 32.1. The summed E-state index contributed by atoms with van der Waals surface area (Å²) in [7, 11) is 3.37. The SMILES string of the molecule is COC(CC1NCCc2sccc21)OC. The molecule has 1 aliphatic heterocycles. The fourth-order valence-corrected chi connectivity index (χ4v) is 2.97. The van der Waals surface area contributed by atoms with Gasteiger partial charge in [0, 0.05) is 38.1 Å². The first kappa shape index (κ1) is 11.1. The minimum atomic E-state index is -0.117. The van der Waals surface area contributed by atoms with Gasteiger partial charge >= 0.3 is 0 Å². The number of thiophene rings is 1. The van der Waals surface area contributed by atoms with Crippen molar-refractivity contribution in [1.82, 2.24) is 5.32 Å². The maximum absolute atomic E-state index is 5.23. The Kier molecular flexibility index (Phi) is 3.75. The number of methoxy groups -OCH3 is 2. The number of hydrogen-bond acceptors (Lipinski definition) is 4. The van der Waals surface area contributed by atoms with Crippen molar-refractivity contribution in [1.29, 1.82) is 0 Å². The number of hydrogen-bond donors (Lipinski definition) is 1. The van der Waals surface area contributed by atoms with E-state index in [0.29, 0.717) is 6.04 Å². The molecule has 0 fully saturated rings. The molecule has 2 heterocycles. The molecule has 0 radical (unpaired) electrons. The van der Waals surface area contributed by atoms with Crippen LogP contribution in [0.2, 0.25) is 0 Å². The third-order valence-corrected chi connectivity index (χ3v) is 3.85. The predicted molar refractivity (Wildman–Crippen MR) is 61.2 cm³/mol. The van der Waals surface area contributed by atoms with E-state index in [1.54, 1.807) is 14.2 Å². The van der Waals surface area contributed by atoms with Crippen LogP contribution < -0.4 is 5.32 Å². The zero-order valence-electron chi connectivity index (χ0n) is 9.16. The first-order valence-electron chi connectivity index (χ1n) is 5.20. The van der Waals surface area contributed by atoms with Crippen molar-refractivity contribution < 1.29 is 9.47 Å². The number of fused-ring (bicyclic) bond motifs is 1. The highest BCUT2D eigenvalue weighted by molar-refractivity contribution is 7.10. The Morgan fingerprint density at radius 2 is 2.33 bits per heavy atom. The van der Waals surface area contributed by atoms with Crippen LogP contribution in [0.5, 0.6) is 0 Å². The van der Waals surface area contributed by atoms with E-state index >= 15 is 0 Å². The monoisotopic (exact) mass is 227 g/mol. The van der Waals surface area contributed by atoms with Crippen molar-refractivity contribution in [2.75, 3.05) is 20.8 Å². The van der Waals surface area contributed by atoms with Gasteiger partial charge in [0.1, 0.15) is 0 Å². The van der Waals surface area contributed by atoms with E-state index in [4.69, 9.17) is 9.47 Å². The molecule has 1 atom stereocenters. The van der Waals surface area contributed by atoms with Crippen molar-refractivity contribution >= 4 is 11.3 Å². The van der Waals surface area contributed by atoms with Crippen LogP contribution in [-0.2, 0) is 15.9 Å². The number of nitrogens with one attached hydrogen (secondary N) is 1. The van der Waals surface area contributed by atoms with E-state index in [1.807, 2.05) is 11.3 Å². The molecule has 0 aliphatic carbocycles. The third kappa shape index (κ3) is 2.39. The summed E-state index contributed by atoms with van der Waals surface area (Å²) < 4.78 is 10.5. The molecule has 84 valence electrons. The Balaban J connectivity index is 2.06. The highest BCUT2D eigenvalue weighted by Gasteiger charge is 2.23. The first-order chi connectivity index (χ1) is 7.35. The third-order valence-electron chi connectivity index (χ3n) is 2.85. The zero-order chi connectivity index (χ0) is 10.7. The standard InChI is InChI=1S/C11H17NO2S/c1-13-11(14-2)7-9-8-4-6-15-10(8)3-5-12-9/h4,6,9,11-12H,3,5,7H2,1-2H3. The maximum atomic E-state index is 5.23. The summed E-state index contributed by atoms with van der Waals surface area (Å²) in [6.45, 7) is 1.05. The van der Waals surface area contributed by atoms with Crippen LogP contribution in [0.4, 0.5) is 0 Å². The van der Waals surface area contributed by atoms with Crippen LogP contribution in [0.25, 0.3) is 0 Å². The average Bonchev–Trinajstić information content (AvgIpc) is 2.74. The molecular weight excluding hydrogens is 210 g/mol. The van der Waals surface area contributed by atoms with Gasteiger partial charge in [-0.1, -0.05) is 0 Å². The molecule has 15 heavy (non-hydrogen) atoms. The topological polar surface area (TPSA) is 30.5 Å². The van der Waals surface area contributed by atoms with Crippen LogP contribution >= 0.6 is 11.3 Å². The van der Waals surface area contributed by atoms with E-state index in [1.165, 1.54) is 10.4 Å². The molecule has 1 unspecified atom stereocenters. The summed E-state index contributed by atoms with van der Waals surface area (Å²) in [5.74, 6) is 0. The van der Waals surface area contributed by atoms with Gasteiger partial charge in [-0.3, -0.25) is 0 Å². The van der Waals surface area contributed by atoms with Gasteiger partial charge in [0.15, 0.2) is 6.29 Å². The van der Waals surface area contributed by atoms with Gasteiger partial charge in [0.05, 0.1) is 0 Å². The molecule has 1 aromatic rings. The van der Waals surface area contributed by atoms with Gasteiger partial charge in [0.25, 0.3) is 0 Å². The summed E-state index contributed by atoms with van der Waals surface area (Å²) in [5, 5.41) is 5.67. The average molecular weight is 227 g/mol. The Morgan fingerprint density at radius 1 is 1.53 bits per heavy atom. The van der Waals surface area contributed by atoms with Gasteiger partial charge in [-0.2, -0.15) is 0 Å². The largest absolute Gasteiger partial charge is 0.356 e. The Bertz CT molecular complexity index is 309. The molecule has 0 amide bonds. The molecule has 0 saturated carbocycles.